The van der Waals surface area contributed by atoms with Crippen molar-refractivity contribution in [2.75, 3.05) is 6.61 Å². The second kappa shape index (κ2) is 5.93. The van der Waals surface area contributed by atoms with Gasteiger partial charge in [0, 0.05) is 11.6 Å². The van der Waals surface area contributed by atoms with Gasteiger partial charge in [0.15, 0.2) is 0 Å². The number of carboxylic acid groups (broad SMARTS) is 1. The number of hydrogen-bond acceptors (Lipinski definition) is 2. The fourth-order valence-electron chi connectivity index (χ4n) is 1.00. The van der Waals surface area contributed by atoms with E-state index in [1.165, 1.54) is 12.1 Å². The molecule has 80 valence electrons. The summed E-state index contributed by atoms with van der Waals surface area (Å²) in [5, 5.41) is 8.27. The van der Waals surface area contributed by atoms with Gasteiger partial charge in [0.1, 0.15) is 5.82 Å². The Morgan fingerprint density at radius 2 is 2.20 bits per heavy atom. The fraction of sp³-hybridized carbons (Fsp3) is 0.182. The zero-order chi connectivity index (χ0) is 11.1. The number of benzene rings is 1. The molecule has 15 heavy (non-hydrogen) atoms. The van der Waals surface area contributed by atoms with Crippen LogP contribution in [0.25, 0.3) is 0 Å². The maximum Gasteiger partial charge on any atom is 0.328 e. The molecule has 0 saturated carbocycles. The van der Waals surface area contributed by atoms with Crippen LogP contribution < -0.4 is 0 Å². The third-order valence-electron chi connectivity index (χ3n) is 1.69. The summed E-state index contributed by atoms with van der Waals surface area (Å²) in [7, 11) is 0. The molecule has 0 bridgehead atoms. The third kappa shape index (κ3) is 4.37. The molecule has 0 fully saturated rings. The lowest BCUT2D eigenvalue weighted by Crippen LogP contribution is -1.96. The van der Waals surface area contributed by atoms with Gasteiger partial charge in [-0.3, -0.25) is 0 Å². The zero-order valence-electron chi connectivity index (χ0n) is 8.02. The molecule has 1 aromatic rings. The van der Waals surface area contributed by atoms with E-state index in [0.29, 0.717) is 5.56 Å². The highest BCUT2D eigenvalue weighted by Gasteiger charge is 1.98. The Morgan fingerprint density at radius 3 is 2.87 bits per heavy atom. The number of rotatable bonds is 5. The van der Waals surface area contributed by atoms with Crippen LogP contribution >= 0.6 is 0 Å². The molecule has 1 rings (SSSR count). The maximum absolute atomic E-state index is 13.0. The lowest BCUT2D eigenvalue weighted by molar-refractivity contribution is -0.131. The van der Waals surface area contributed by atoms with Crippen molar-refractivity contribution >= 4 is 5.97 Å². The SMILES string of the molecule is O=C(O)/C=C/COCc1ccccc1F. The van der Waals surface area contributed by atoms with Crippen molar-refractivity contribution in [1.29, 1.82) is 0 Å². The van der Waals surface area contributed by atoms with Gasteiger partial charge in [-0.1, -0.05) is 24.3 Å². The Morgan fingerprint density at radius 1 is 1.47 bits per heavy atom. The predicted octanol–water partition coefficient (Wildman–Crippen LogP) is 1.98. The summed E-state index contributed by atoms with van der Waals surface area (Å²) in [5.74, 6) is -1.34. The molecule has 0 heterocycles. The highest BCUT2D eigenvalue weighted by atomic mass is 19.1. The van der Waals surface area contributed by atoms with Gasteiger partial charge in [-0.15, -0.1) is 0 Å². The normalized spacial score (nSPS) is 10.7. The minimum atomic E-state index is -1.02. The molecule has 0 unspecified atom stereocenters. The quantitative estimate of drug-likeness (QED) is 0.597. The van der Waals surface area contributed by atoms with E-state index in [1.807, 2.05) is 0 Å². The van der Waals surface area contributed by atoms with Crippen LogP contribution in [0.1, 0.15) is 5.56 Å². The van der Waals surface area contributed by atoms with Gasteiger partial charge in [0.25, 0.3) is 0 Å². The number of carbonyl (C=O) groups is 1. The zero-order valence-corrected chi connectivity index (χ0v) is 8.02. The Hall–Kier alpha value is -1.68. The van der Waals surface area contributed by atoms with Crippen molar-refractivity contribution in [3.63, 3.8) is 0 Å². The average molecular weight is 210 g/mol. The monoisotopic (exact) mass is 210 g/mol. The summed E-state index contributed by atoms with van der Waals surface area (Å²) in [6.45, 7) is 0.289. The summed E-state index contributed by atoms with van der Waals surface area (Å²) in [6, 6.07) is 6.29. The van der Waals surface area contributed by atoms with Crippen molar-refractivity contribution in [3.05, 3.63) is 47.8 Å². The van der Waals surface area contributed by atoms with Crippen LogP contribution in [-0.2, 0) is 16.1 Å². The van der Waals surface area contributed by atoms with Crippen LogP contribution in [0.3, 0.4) is 0 Å². The van der Waals surface area contributed by atoms with Crippen LogP contribution in [0, 0.1) is 5.82 Å². The molecule has 3 nitrogen and oxygen atoms in total. The molecule has 4 heteroatoms. The Balaban J connectivity index is 2.32. The smallest absolute Gasteiger partial charge is 0.328 e. The molecule has 0 saturated heterocycles. The first-order chi connectivity index (χ1) is 7.20. The van der Waals surface area contributed by atoms with Crippen LogP contribution in [0.15, 0.2) is 36.4 Å². The average Bonchev–Trinajstić information content (AvgIpc) is 2.20. The van der Waals surface area contributed by atoms with Crippen molar-refractivity contribution in [1.82, 2.24) is 0 Å². The van der Waals surface area contributed by atoms with Gasteiger partial charge in [0.05, 0.1) is 13.2 Å². The van der Waals surface area contributed by atoms with Gasteiger partial charge in [0.2, 0.25) is 0 Å². The summed E-state index contributed by atoms with van der Waals surface area (Å²) in [6.07, 6.45) is 2.35. The topological polar surface area (TPSA) is 46.5 Å². The molecule has 0 aliphatic carbocycles. The molecule has 0 aliphatic heterocycles. The minimum Gasteiger partial charge on any atom is -0.478 e. The molecule has 0 spiro atoms. The van der Waals surface area contributed by atoms with Gasteiger partial charge < -0.3 is 9.84 Å². The number of aliphatic carboxylic acids is 1. The molecular weight excluding hydrogens is 199 g/mol. The molecule has 0 radical (unpaired) electrons. The summed E-state index contributed by atoms with van der Waals surface area (Å²) < 4.78 is 18.1. The standard InChI is InChI=1S/C11H11FO3/c12-10-5-2-1-4-9(10)8-15-7-3-6-11(13)14/h1-6H,7-8H2,(H,13,14)/b6-3+. The summed E-state index contributed by atoms with van der Waals surface area (Å²) in [4.78, 5) is 10.1. The van der Waals surface area contributed by atoms with Crippen molar-refractivity contribution < 1.29 is 19.0 Å². The second-order valence-corrected chi connectivity index (χ2v) is 2.85. The Labute approximate surface area is 86.8 Å². The van der Waals surface area contributed by atoms with Crippen LogP contribution in [0.4, 0.5) is 4.39 Å². The number of ether oxygens (including phenoxy) is 1. The lowest BCUT2D eigenvalue weighted by Gasteiger charge is -2.02. The van der Waals surface area contributed by atoms with E-state index >= 15 is 0 Å². The number of carboxylic acids is 1. The van der Waals surface area contributed by atoms with Gasteiger partial charge in [-0.25, -0.2) is 9.18 Å². The lowest BCUT2D eigenvalue weighted by atomic mass is 10.2. The third-order valence-corrected chi connectivity index (χ3v) is 1.69. The van der Waals surface area contributed by atoms with Crippen molar-refractivity contribution in [2.24, 2.45) is 0 Å². The fourth-order valence-corrected chi connectivity index (χ4v) is 1.00. The van der Waals surface area contributed by atoms with Crippen LogP contribution in [0.2, 0.25) is 0 Å². The molecular formula is C11H11FO3. The first-order valence-corrected chi connectivity index (χ1v) is 4.41. The van der Waals surface area contributed by atoms with E-state index < -0.39 is 5.97 Å². The van der Waals surface area contributed by atoms with E-state index in [4.69, 9.17) is 9.84 Å². The molecule has 0 amide bonds. The van der Waals surface area contributed by atoms with Gasteiger partial charge in [-0.2, -0.15) is 0 Å². The van der Waals surface area contributed by atoms with Crippen LogP contribution in [0.5, 0.6) is 0 Å². The van der Waals surface area contributed by atoms with E-state index in [0.717, 1.165) is 6.08 Å². The molecule has 1 N–H and O–H groups in total. The first kappa shape index (κ1) is 11.4. The van der Waals surface area contributed by atoms with E-state index in [2.05, 4.69) is 0 Å². The molecule has 0 aliphatic rings. The Kier molecular flexibility index (Phi) is 4.50. The van der Waals surface area contributed by atoms with Crippen molar-refractivity contribution in [2.45, 2.75) is 6.61 Å². The second-order valence-electron chi connectivity index (χ2n) is 2.85. The van der Waals surface area contributed by atoms with Crippen molar-refractivity contribution in [3.8, 4) is 0 Å². The van der Waals surface area contributed by atoms with Gasteiger partial charge in [-0.05, 0) is 6.07 Å². The Bertz CT molecular complexity index is 361. The molecule has 1 aromatic carbocycles. The van der Waals surface area contributed by atoms with E-state index in [-0.39, 0.29) is 19.0 Å². The number of halogens is 1. The number of hydrogen-bond donors (Lipinski definition) is 1. The summed E-state index contributed by atoms with van der Waals surface area (Å²) >= 11 is 0. The maximum atomic E-state index is 13.0. The highest BCUT2D eigenvalue weighted by molar-refractivity contribution is 5.79. The predicted molar refractivity (Wildman–Crippen MR) is 52.8 cm³/mol. The van der Waals surface area contributed by atoms with Crippen LogP contribution in [-0.4, -0.2) is 17.7 Å². The first-order valence-electron chi connectivity index (χ1n) is 4.41. The highest BCUT2D eigenvalue weighted by Crippen LogP contribution is 2.07. The van der Waals surface area contributed by atoms with Gasteiger partial charge >= 0.3 is 5.97 Å². The molecule has 0 atom stereocenters. The summed E-state index contributed by atoms with van der Waals surface area (Å²) in [5.41, 5.74) is 0.459. The largest absolute Gasteiger partial charge is 0.478 e. The van der Waals surface area contributed by atoms with E-state index in [1.54, 1.807) is 18.2 Å². The minimum absolute atomic E-state index is 0.136. The van der Waals surface area contributed by atoms with E-state index in [9.17, 15) is 9.18 Å². The molecule has 0 aromatic heterocycles.